The van der Waals surface area contributed by atoms with Crippen molar-refractivity contribution in [2.24, 2.45) is 5.92 Å². The van der Waals surface area contributed by atoms with Gasteiger partial charge in [0.2, 0.25) is 0 Å². The molecule has 0 N–H and O–H groups in total. The first-order chi connectivity index (χ1) is 4.31. The Bertz CT molecular complexity index is 71.3. The van der Waals surface area contributed by atoms with Crippen LogP contribution in [-0.4, -0.2) is 13.1 Å². The van der Waals surface area contributed by atoms with Gasteiger partial charge in [0.25, 0.3) is 6.47 Å². The Morgan fingerprint density at radius 3 is 2.78 bits per heavy atom. The summed E-state index contributed by atoms with van der Waals surface area (Å²) in [6.45, 7) is 5.27. The molecule has 0 saturated carbocycles. The van der Waals surface area contributed by atoms with Crippen LogP contribution in [0.25, 0.3) is 0 Å². The van der Waals surface area contributed by atoms with Crippen LogP contribution in [0, 0.1) is 5.92 Å². The van der Waals surface area contributed by atoms with E-state index in [0.717, 1.165) is 12.8 Å². The van der Waals surface area contributed by atoms with Gasteiger partial charge in [0, 0.05) is 0 Å². The first-order valence-corrected chi connectivity index (χ1v) is 3.36. The molecule has 9 heavy (non-hydrogen) atoms. The summed E-state index contributed by atoms with van der Waals surface area (Å²) in [5.41, 5.74) is 0. The largest absolute Gasteiger partial charge is 0.468 e. The third-order valence-electron chi connectivity index (χ3n) is 1.23. The fraction of sp³-hybridized carbons (Fsp3) is 0.857. The van der Waals surface area contributed by atoms with Gasteiger partial charge < -0.3 is 4.74 Å². The van der Waals surface area contributed by atoms with E-state index in [1.807, 2.05) is 0 Å². The van der Waals surface area contributed by atoms with Crippen LogP contribution >= 0.6 is 0 Å². The van der Waals surface area contributed by atoms with E-state index in [1.54, 1.807) is 0 Å². The van der Waals surface area contributed by atoms with Crippen molar-refractivity contribution < 1.29 is 9.53 Å². The van der Waals surface area contributed by atoms with E-state index in [9.17, 15) is 4.79 Å². The molecule has 0 radical (unpaired) electrons. The maximum absolute atomic E-state index is 9.69. The van der Waals surface area contributed by atoms with E-state index in [0.29, 0.717) is 19.0 Å². The van der Waals surface area contributed by atoms with Gasteiger partial charge in [0.1, 0.15) is 0 Å². The Morgan fingerprint density at radius 2 is 2.33 bits per heavy atom. The molecule has 54 valence electrons. The molecule has 0 heterocycles. The van der Waals surface area contributed by atoms with E-state index in [4.69, 9.17) is 0 Å². The van der Waals surface area contributed by atoms with Gasteiger partial charge in [-0.15, -0.1) is 0 Å². The SMILES string of the molecule is CCC[C@@H](C)COC=O. The first-order valence-electron chi connectivity index (χ1n) is 3.36. The van der Waals surface area contributed by atoms with Crippen molar-refractivity contribution in [3.05, 3.63) is 0 Å². The van der Waals surface area contributed by atoms with Crippen molar-refractivity contribution in [2.75, 3.05) is 6.61 Å². The number of ether oxygens (including phenoxy) is 1. The summed E-state index contributed by atoms with van der Waals surface area (Å²) in [6, 6.07) is 0. The highest BCUT2D eigenvalue weighted by molar-refractivity contribution is 5.36. The predicted molar refractivity (Wildman–Crippen MR) is 36.1 cm³/mol. The Morgan fingerprint density at radius 1 is 1.67 bits per heavy atom. The number of rotatable bonds is 5. The lowest BCUT2D eigenvalue weighted by Crippen LogP contribution is -2.03. The molecule has 0 aliphatic carbocycles. The first kappa shape index (κ1) is 8.47. The van der Waals surface area contributed by atoms with E-state index < -0.39 is 0 Å². The van der Waals surface area contributed by atoms with E-state index >= 15 is 0 Å². The summed E-state index contributed by atoms with van der Waals surface area (Å²) in [4.78, 5) is 9.69. The van der Waals surface area contributed by atoms with Crippen LogP contribution in [-0.2, 0) is 9.53 Å². The summed E-state index contributed by atoms with van der Waals surface area (Å²) in [5.74, 6) is 0.514. The Balaban J connectivity index is 3.04. The zero-order valence-electron chi connectivity index (χ0n) is 6.09. The molecule has 0 spiro atoms. The maximum Gasteiger partial charge on any atom is 0.293 e. The molecule has 0 aliphatic rings. The highest BCUT2D eigenvalue weighted by atomic mass is 16.5. The van der Waals surface area contributed by atoms with Gasteiger partial charge in [-0.1, -0.05) is 20.3 Å². The van der Waals surface area contributed by atoms with E-state index in [2.05, 4.69) is 18.6 Å². The second kappa shape index (κ2) is 5.60. The molecule has 0 aromatic carbocycles. The second-order valence-electron chi connectivity index (χ2n) is 2.32. The van der Waals surface area contributed by atoms with Gasteiger partial charge in [-0.3, -0.25) is 4.79 Å². The van der Waals surface area contributed by atoms with Crippen LogP contribution in [0.5, 0.6) is 0 Å². The van der Waals surface area contributed by atoms with Gasteiger partial charge in [0.05, 0.1) is 6.61 Å². The number of hydrogen-bond acceptors (Lipinski definition) is 2. The third kappa shape index (κ3) is 5.34. The quantitative estimate of drug-likeness (QED) is 0.528. The number of hydrogen-bond donors (Lipinski definition) is 0. The number of carbonyl (C=O) groups is 1. The molecule has 0 bridgehead atoms. The van der Waals surface area contributed by atoms with Crippen molar-refractivity contribution >= 4 is 6.47 Å². The molecule has 0 rings (SSSR count). The molecule has 1 atom stereocenters. The Labute approximate surface area is 56.2 Å². The maximum atomic E-state index is 9.69. The standard InChI is InChI=1S/C7H14O2/c1-3-4-7(2)5-9-6-8/h6-7H,3-5H2,1-2H3/t7-/m1/s1. The normalized spacial score (nSPS) is 12.7. The van der Waals surface area contributed by atoms with Crippen LogP contribution in [0.4, 0.5) is 0 Å². The average molecular weight is 130 g/mol. The van der Waals surface area contributed by atoms with Gasteiger partial charge >= 0.3 is 0 Å². The molecule has 2 heteroatoms. The number of carbonyl (C=O) groups excluding carboxylic acids is 1. The zero-order valence-corrected chi connectivity index (χ0v) is 6.09. The second-order valence-corrected chi connectivity index (χ2v) is 2.32. The van der Waals surface area contributed by atoms with Gasteiger partial charge in [-0.25, -0.2) is 0 Å². The summed E-state index contributed by atoms with van der Waals surface area (Å²) < 4.78 is 4.57. The summed E-state index contributed by atoms with van der Waals surface area (Å²) >= 11 is 0. The Kier molecular flexibility index (Phi) is 5.27. The molecule has 0 amide bonds. The minimum absolute atomic E-state index is 0.506. The monoisotopic (exact) mass is 130 g/mol. The van der Waals surface area contributed by atoms with E-state index in [-0.39, 0.29) is 0 Å². The minimum Gasteiger partial charge on any atom is -0.468 e. The van der Waals surface area contributed by atoms with Gasteiger partial charge in [-0.2, -0.15) is 0 Å². The molecule has 0 saturated heterocycles. The average Bonchev–Trinajstić information content (AvgIpc) is 1.85. The van der Waals surface area contributed by atoms with Crippen molar-refractivity contribution in [1.82, 2.24) is 0 Å². The molecule has 0 aromatic rings. The highest BCUT2D eigenvalue weighted by Crippen LogP contribution is 2.03. The van der Waals surface area contributed by atoms with Crippen LogP contribution in [0.15, 0.2) is 0 Å². The smallest absolute Gasteiger partial charge is 0.293 e. The lowest BCUT2D eigenvalue weighted by molar-refractivity contribution is -0.129. The summed E-state index contributed by atoms with van der Waals surface area (Å²) in [7, 11) is 0. The van der Waals surface area contributed by atoms with Crippen molar-refractivity contribution in [1.29, 1.82) is 0 Å². The highest BCUT2D eigenvalue weighted by Gasteiger charge is 1.98. The summed E-state index contributed by atoms with van der Waals surface area (Å²) in [6.07, 6.45) is 2.29. The molecule has 2 nitrogen and oxygen atoms in total. The topological polar surface area (TPSA) is 26.3 Å². The predicted octanol–water partition coefficient (Wildman–Crippen LogP) is 1.60. The zero-order chi connectivity index (χ0) is 7.11. The molecule has 0 aromatic heterocycles. The van der Waals surface area contributed by atoms with Crippen molar-refractivity contribution in [2.45, 2.75) is 26.7 Å². The van der Waals surface area contributed by atoms with Crippen LogP contribution in [0.1, 0.15) is 26.7 Å². The Hall–Kier alpha value is -0.530. The third-order valence-corrected chi connectivity index (χ3v) is 1.23. The van der Waals surface area contributed by atoms with Crippen LogP contribution in [0.2, 0.25) is 0 Å². The molecule has 0 unspecified atom stereocenters. The van der Waals surface area contributed by atoms with E-state index in [1.165, 1.54) is 0 Å². The molecular weight excluding hydrogens is 116 g/mol. The molecular formula is C7H14O2. The van der Waals surface area contributed by atoms with Crippen LogP contribution in [0.3, 0.4) is 0 Å². The summed E-state index contributed by atoms with van der Waals surface area (Å²) in [5, 5.41) is 0. The van der Waals surface area contributed by atoms with Gasteiger partial charge in [0.15, 0.2) is 0 Å². The minimum atomic E-state index is 0.506. The molecule has 0 aliphatic heterocycles. The van der Waals surface area contributed by atoms with Crippen molar-refractivity contribution in [3.8, 4) is 0 Å². The van der Waals surface area contributed by atoms with Crippen LogP contribution < -0.4 is 0 Å². The van der Waals surface area contributed by atoms with Gasteiger partial charge in [-0.05, 0) is 12.3 Å². The lowest BCUT2D eigenvalue weighted by Gasteiger charge is -2.06. The lowest BCUT2D eigenvalue weighted by atomic mass is 10.1. The van der Waals surface area contributed by atoms with Crippen molar-refractivity contribution in [3.63, 3.8) is 0 Å². The fourth-order valence-electron chi connectivity index (χ4n) is 0.780. The molecule has 0 fully saturated rings. The fourth-order valence-corrected chi connectivity index (χ4v) is 0.780.